The highest BCUT2D eigenvalue weighted by molar-refractivity contribution is 8.24. The zero-order valence-corrected chi connectivity index (χ0v) is 10.5. The number of hydrogen-bond donors (Lipinski definition) is 2. The minimum Gasteiger partial charge on any atom is -0.478 e. The number of azo groups is 1. The van der Waals surface area contributed by atoms with Gasteiger partial charge in [-0.1, -0.05) is 24.0 Å². The van der Waals surface area contributed by atoms with Crippen LogP contribution in [0.25, 0.3) is 0 Å². The molecule has 0 saturated carbocycles. The molecular weight excluding hydrogens is 274 g/mol. The summed E-state index contributed by atoms with van der Waals surface area (Å²) in [5.74, 6) is -1.30. The number of benzene rings is 1. The van der Waals surface area contributed by atoms with Gasteiger partial charge < -0.3 is 10.4 Å². The van der Waals surface area contributed by atoms with Gasteiger partial charge in [-0.05, 0) is 24.3 Å². The molecule has 0 radical (unpaired) electrons. The average Bonchev–Trinajstić information content (AvgIpc) is 2.66. The first kappa shape index (κ1) is 12.7. The van der Waals surface area contributed by atoms with Crippen molar-refractivity contribution in [1.29, 1.82) is 0 Å². The van der Waals surface area contributed by atoms with Gasteiger partial charge in [0.15, 0.2) is 0 Å². The largest absolute Gasteiger partial charge is 0.478 e. The zero-order valence-electron chi connectivity index (χ0n) is 8.86. The predicted molar refractivity (Wildman–Crippen MR) is 70.0 cm³/mol. The lowest BCUT2D eigenvalue weighted by molar-refractivity contribution is -0.118. The molecule has 2 N–H and O–H groups in total. The Labute approximate surface area is 111 Å². The van der Waals surface area contributed by atoms with Crippen LogP contribution in [0.3, 0.4) is 0 Å². The van der Waals surface area contributed by atoms with Crippen molar-refractivity contribution >= 4 is 45.9 Å². The normalized spacial score (nSPS) is 19.2. The maximum atomic E-state index is 11.3. The quantitative estimate of drug-likeness (QED) is 0.652. The van der Waals surface area contributed by atoms with E-state index in [1.807, 2.05) is 0 Å². The van der Waals surface area contributed by atoms with Crippen LogP contribution >= 0.6 is 24.0 Å². The van der Waals surface area contributed by atoms with Crippen molar-refractivity contribution in [3.8, 4) is 0 Å². The van der Waals surface area contributed by atoms with E-state index < -0.39 is 11.3 Å². The van der Waals surface area contributed by atoms with E-state index in [4.69, 9.17) is 17.3 Å². The van der Waals surface area contributed by atoms with Crippen LogP contribution in [0.2, 0.25) is 0 Å². The summed E-state index contributed by atoms with van der Waals surface area (Å²) in [6.07, 6.45) is 0. The molecular formula is C10H7N3O3S2. The first-order valence-electron chi connectivity index (χ1n) is 4.82. The van der Waals surface area contributed by atoms with Gasteiger partial charge in [0, 0.05) is 0 Å². The van der Waals surface area contributed by atoms with Crippen molar-refractivity contribution in [2.75, 3.05) is 0 Å². The number of carboxylic acids is 1. The fourth-order valence-corrected chi connectivity index (χ4v) is 2.21. The molecule has 6 nitrogen and oxygen atoms in total. The summed E-state index contributed by atoms with van der Waals surface area (Å²) >= 11 is 5.93. The second-order valence-corrected chi connectivity index (χ2v) is 5.07. The summed E-state index contributed by atoms with van der Waals surface area (Å²) in [6.45, 7) is 0. The van der Waals surface area contributed by atoms with Crippen LogP contribution in [0.1, 0.15) is 10.4 Å². The molecule has 1 atom stereocenters. The third kappa shape index (κ3) is 2.90. The SMILES string of the molecule is O=C(O)c1ccc(N=NC2SC(=S)NC2=O)cc1. The monoisotopic (exact) mass is 281 g/mol. The molecule has 1 heterocycles. The van der Waals surface area contributed by atoms with Gasteiger partial charge in [-0.3, -0.25) is 4.79 Å². The fraction of sp³-hybridized carbons (Fsp3) is 0.100. The van der Waals surface area contributed by atoms with E-state index in [1.165, 1.54) is 24.3 Å². The Morgan fingerprint density at radius 3 is 2.56 bits per heavy atom. The number of rotatable bonds is 3. The number of amides is 1. The summed E-state index contributed by atoms with van der Waals surface area (Å²) in [4.78, 5) is 21.9. The van der Waals surface area contributed by atoms with E-state index in [2.05, 4.69) is 15.5 Å². The Hall–Kier alpha value is -1.80. The fourth-order valence-electron chi connectivity index (χ4n) is 1.21. The molecule has 1 saturated heterocycles. The molecule has 2 rings (SSSR count). The molecule has 18 heavy (non-hydrogen) atoms. The number of nitrogens with one attached hydrogen (secondary N) is 1. The molecule has 0 spiro atoms. The molecule has 8 heteroatoms. The number of thiocarbonyl (C=S) groups is 1. The highest BCUT2D eigenvalue weighted by Gasteiger charge is 2.28. The molecule has 1 fully saturated rings. The van der Waals surface area contributed by atoms with Crippen molar-refractivity contribution in [1.82, 2.24) is 5.32 Å². The lowest BCUT2D eigenvalue weighted by Crippen LogP contribution is -2.22. The maximum absolute atomic E-state index is 11.3. The highest BCUT2D eigenvalue weighted by Crippen LogP contribution is 2.23. The van der Waals surface area contributed by atoms with Crippen molar-refractivity contribution in [2.45, 2.75) is 5.37 Å². The third-order valence-electron chi connectivity index (χ3n) is 2.06. The van der Waals surface area contributed by atoms with Gasteiger partial charge in [-0.25, -0.2) is 4.79 Å². The Morgan fingerprint density at radius 1 is 1.39 bits per heavy atom. The van der Waals surface area contributed by atoms with E-state index in [-0.39, 0.29) is 11.5 Å². The molecule has 1 unspecified atom stereocenters. The van der Waals surface area contributed by atoms with Gasteiger partial charge >= 0.3 is 5.97 Å². The summed E-state index contributed by atoms with van der Waals surface area (Å²) in [5, 5.41) is 18.2. The lowest BCUT2D eigenvalue weighted by atomic mass is 10.2. The lowest BCUT2D eigenvalue weighted by Gasteiger charge is -1.97. The summed E-state index contributed by atoms with van der Waals surface area (Å²) in [5.41, 5.74) is 0.648. The number of hydrogen-bond acceptors (Lipinski definition) is 6. The molecule has 1 aliphatic rings. The first-order chi connectivity index (χ1) is 8.56. The van der Waals surface area contributed by atoms with Crippen LogP contribution in [0.4, 0.5) is 5.69 Å². The maximum Gasteiger partial charge on any atom is 0.335 e. The van der Waals surface area contributed by atoms with Gasteiger partial charge in [-0.2, -0.15) is 10.2 Å². The first-order valence-corrected chi connectivity index (χ1v) is 6.11. The van der Waals surface area contributed by atoms with Gasteiger partial charge in [0.25, 0.3) is 5.91 Å². The van der Waals surface area contributed by atoms with Crippen molar-refractivity contribution in [2.24, 2.45) is 10.2 Å². The minimum absolute atomic E-state index is 0.170. The van der Waals surface area contributed by atoms with Gasteiger partial charge in [0.05, 0.1) is 11.3 Å². The molecule has 0 bridgehead atoms. The second-order valence-electron chi connectivity index (χ2n) is 3.31. The van der Waals surface area contributed by atoms with Crippen molar-refractivity contribution in [3.05, 3.63) is 29.8 Å². The number of carboxylic acid groups (broad SMARTS) is 1. The summed E-state index contributed by atoms with van der Waals surface area (Å²) < 4.78 is 0.380. The van der Waals surface area contributed by atoms with E-state index in [0.717, 1.165) is 11.8 Å². The Morgan fingerprint density at radius 2 is 2.06 bits per heavy atom. The molecule has 1 aromatic rings. The Bertz CT molecular complexity index is 542. The van der Waals surface area contributed by atoms with Crippen LogP contribution in [-0.2, 0) is 4.79 Å². The highest BCUT2D eigenvalue weighted by atomic mass is 32.2. The van der Waals surface area contributed by atoms with Crippen LogP contribution in [0, 0.1) is 0 Å². The van der Waals surface area contributed by atoms with E-state index in [9.17, 15) is 9.59 Å². The molecule has 1 aliphatic heterocycles. The smallest absolute Gasteiger partial charge is 0.335 e. The van der Waals surface area contributed by atoms with Crippen LogP contribution in [0.5, 0.6) is 0 Å². The number of carbonyl (C=O) groups excluding carboxylic acids is 1. The Balaban J connectivity index is 2.07. The van der Waals surface area contributed by atoms with Gasteiger partial charge in [0.1, 0.15) is 4.32 Å². The topological polar surface area (TPSA) is 91.1 Å². The van der Waals surface area contributed by atoms with E-state index in [0.29, 0.717) is 10.0 Å². The minimum atomic E-state index is -1.01. The number of carbonyl (C=O) groups is 2. The molecule has 0 aromatic heterocycles. The van der Waals surface area contributed by atoms with E-state index >= 15 is 0 Å². The molecule has 1 amide bonds. The molecule has 1 aromatic carbocycles. The van der Waals surface area contributed by atoms with Gasteiger partial charge in [-0.15, -0.1) is 0 Å². The van der Waals surface area contributed by atoms with Crippen molar-refractivity contribution < 1.29 is 14.7 Å². The number of thioether (sulfide) groups is 1. The number of aromatic carboxylic acids is 1. The molecule has 92 valence electrons. The number of nitrogens with zero attached hydrogens (tertiary/aromatic N) is 2. The average molecular weight is 281 g/mol. The van der Waals surface area contributed by atoms with Crippen LogP contribution in [0.15, 0.2) is 34.5 Å². The molecule has 0 aliphatic carbocycles. The van der Waals surface area contributed by atoms with Gasteiger partial charge in [0.2, 0.25) is 5.37 Å². The Kier molecular flexibility index (Phi) is 3.68. The predicted octanol–water partition coefficient (Wildman–Crippen LogP) is 1.94. The standard InChI is InChI=1S/C10H7N3O3S2/c14-7-8(18-10(17)11-7)13-12-6-3-1-5(2-4-6)9(15)16/h1-4,8H,(H,15,16)(H,11,14,17). The third-order valence-corrected chi connectivity index (χ3v) is 3.30. The summed E-state index contributed by atoms with van der Waals surface area (Å²) in [6, 6.07) is 5.87. The van der Waals surface area contributed by atoms with Crippen molar-refractivity contribution in [3.63, 3.8) is 0 Å². The summed E-state index contributed by atoms with van der Waals surface area (Å²) in [7, 11) is 0. The second kappa shape index (κ2) is 5.23. The van der Waals surface area contributed by atoms with Crippen LogP contribution in [-0.4, -0.2) is 26.7 Å². The van der Waals surface area contributed by atoms with Crippen LogP contribution < -0.4 is 5.32 Å². The van der Waals surface area contributed by atoms with E-state index in [1.54, 1.807) is 0 Å². The zero-order chi connectivity index (χ0) is 13.1.